The predicted octanol–water partition coefficient (Wildman–Crippen LogP) is 8.58. The van der Waals surface area contributed by atoms with Crippen LogP contribution in [0.25, 0.3) is 27.8 Å². The van der Waals surface area contributed by atoms with Gasteiger partial charge in [0.25, 0.3) is 6.47 Å². The number of nitrogens with zero attached hydrogens (tertiary/aromatic N) is 3. The lowest BCUT2D eigenvalue weighted by atomic mass is 10.0. The first-order chi connectivity index (χ1) is 26.3. The van der Waals surface area contributed by atoms with Crippen molar-refractivity contribution in [3.05, 3.63) is 95.0 Å². The van der Waals surface area contributed by atoms with E-state index in [1.807, 2.05) is 72.2 Å². The Labute approximate surface area is 319 Å². The number of carbonyl (C=O) groups is 2. The maximum atomic E-state index is 12.3. The second-order valence-electron chi connectivity index (χ2n) is 12.1. The number of halogens is 4. The zero-order valence-corrected chi connectivity index (χ0v) is 32.4. The summed E-state index contributed by atoms with van der Waals surface area (Å²) < 4.78 is 69.1. The molecule has 1 atom stereocenters. The molecule has 14 heteroatoms. The fourth-order valence-corrected chi connectivity index (χ4v) is 5.31. The molecule has 4 aromatic rings. The molecular weight excluding hydrogens is 722 g/mol. The van der Waals surface area contributed by atoms with Gasteiger partial charge in [-0.2, -0.15) is 0 Å². The molecule has 1 aromatic heterocycles. The molecule has 1 aliphatic heterocycles. The topological polar surface area (TPSA) is 103 Å². The van der Waals surface area contributed by atoms with Gasteiger partial charge in [0, 0.05) is 32.7 Å². The van der Waals surface area contributed by atoms with Crippen LogP contribution in [0.2, 0.25) is 0 Å². The summed E-state index contributed by atoms with van der Waals surface area (Å²) in [6, 6.07) is 16.3. The number of fused-ring (bicyclic) bond motifs is 1. The molecule has 0 N–H and O–H groups in total. The van der Waals surface area contributed by atoms with Gasteiger partial charge in [0.15, 0.2) is 11.3 Å². The molecule has 1 aliphatic rings. The van der Waals surface area contributed by atoms with Crippen molar-refractivity contribution in [1.82, 2.24) is 9.47 Å². The molecule has 300 valence electrons. The fourth-order valence-electron chi connectivity index (χ4n) is 5.31. The zero-order valence-electron chi connectivity index (χ0n) is 32.4. The highest BCUT2D eigenvalue weighted by molar-refractivity contribution is 5.81. The first kappa shape index (κ1) is 45.9. The van der Waals surface area contributed by atoms with E-state index in [9.17, 15) is 31.9 Å². The van der Waals surface area contributed by atoms with E-state index < -0.39 is 12.1 Å². The Hall–Kier alpha value is -5.21. The normalized spacial score (nSPS) is 14.0. The number of likely N-dealkylation sites (N-methyl/N-ethyl adjacent to an activating group) is 1. The second-order valence-corrected chi connectivity index (χ2v) is 12.1. The van der Waals surface area contributed by atoms with Crippen LogP contribution in [0.15, 0.2) is 88.1 Å². The number of hydrogen-bond donors (Lipinski definition) is 0. The van der Waals surface area contributed by atoms with Gasteiger partial charge in [0.1, 0.15) is 18.7 Å². The van der Waals surface area contributed by atoms with Gasteiger partial charge in [0.05, 0.1) is 24.4 Å². The summed E-state index contributed by atoms with van der Waals surface area (Å²) in [5.41, 5.74) is 5.35. The van der Waals surface area contributed by atoms with Crippen molar-refractivity contribution in [1.29, 1.82) is 0 Å². The quantitative estimate of drug-likeness (QED) is 0.0751. The van der Waals surface area contributed by atoms with Gasteiger partial charge in [-0.25, -0.2) is 9.18 Å². The number of hydrogen-bond acceptors (Lipinski definition) is 9. The number of rotatable bonds is 13. The van der Waals surface area contributed by atoms with Crippen LogP contribution in [0.3, 0.4) is 0 Å². The lowest BCUT2D eigenvalue weighted by molar-refractivity contribution is -0.274. The lowest BCUT2D eigenvalue weighted by Crippen LogP contribution is -2.20. The SMILES string of the molecule is C/C=C\C(=C/C)c1ccc(OC=O)c(N(C)CC=O)c1.CC.CN(C)CCF.O=c1oc2ccc(-c3ccc(OC(F)(F)F)cc3)cc2n1CC1CCOC1. The monoisotopic (exact) mass is 773 g/mol. The Bertz CT molecular complexity index is 1880. The molecule has 0 bridgehead atoms. The van der Waals surface area contributed by atoms with E-state index in [4.69, 9.17) is 13.9 Å². The van der Waals surface area contributed by atoms with Gasteiger partial charge in [-0.05, 0) is 93.0 Å². The molecule has 55 heavy (non-hydrogen) atoms. The van der Waals surface area contributed by atoms with Crippen LogP contribution in [0.5, 0.6) is 11.5 Å². The smallest absolute Gasteiger partial charge is 0.427 e. The fraction of sp³-hybridized carbons (Fsp3) is 0.390. The number of aldehydes is 1. The van der Waals surface area contributed by atoms with Crippen molar-refractivity contribution < 1.29 is 45.8 Å². The summed E-state index contributed by atoms with van der Waals surface area (Å²) in [6.45, 7) is 10.6. The third-order valence-electron chi connectivity index (χ3n) is 7.97. The third-order valence-corrected chi connectivity index (χ3v) is 7.97. The number of oxazole rings is 1. The van der Waals surface area contributed by atoms with Gasteiger partial charge in [-0.15, -0.1) is 13.2 Å². The van der Waals surface area contributed by atoms with Gasteiger partial charge in [-0.1, -0.05) is 56.3 Å². The standard InChI is InChI=1S/C19H16F3NO4.C16H19NO3.C4H10FN.C2H6/c20-19(21,22)27-15-4-1-13(2-5-15)14-3-6-17-16(9-14)23(18(24)26-17)10-12-7-8-25-11-12;1-4-6-13(5-2)14-7-8-16(20-12-19)15(11-14)17(3)9-10-18;1-6(2)4-3-5;1-2/h1-6,9,12H,7-8,10-11H2;4-8,10-12H,9H2,1-3H3;3-4H2,1-2H3;1-2H3/b;6-4-,13-5+;;. The molecule has 0 saturated carbocycles. The first-order valence-corrected chi connectivity index (χ1v) is 17.8. The summed E-state index contributed by atoms with van der Waals surface area (Å²) in [4.78, 5) is 36.9. The molecule has 3 aromatic carbocycles. The molecule has 0 amide bonds. The third kappa shape index (κ3) is 14.9. The van der Waals surface area contributed by atoms with Crippen molar-refractivity contribution in [2.24, 2.45) is 5.92 Å². The number of aromatic nitrogens is 1. The molecule has 0 aliphatic carbocycles. The van der Waals surface area contributed by atoms with Crippen molar-refractivity contribution >= 4 is 35.1 Å². The lowest BCUT2D eigenvalue weighted by Gasteiger charge is -2.20. The van der Waals surface area contributed by atoms with Crippen molar-refractivity contribution in [3.8, 4) is 22.6 Å². The van der Waals surface area contributed by atoms with E-state index in [0.29, 0.717) is 60.9 Å². The van der Waals surface area contributed by atoms with Gasteiger partial charge >= 0.3 is 12.1 Å². The summed E-state index contributed by atoms with van der Waals surface area (Å²) in [5.74, 6) is -0.0215. The minimum absolute atomic E-state index is 0.230. The minimum Gasteiger partial charge on any atom is -0.427 e. The Kier molecular flexibility index (Phi) is 19.7. The summed E-state index contributed by atoms with van der Waals surface area (Å²) >= 11 is 0. The van der Waals surface area contributed by atoms with Gasteiger partial charge in [-0.3, -0.25) is 9.36 Å². The first-order valence-electron chi connectivity index (χ1n) is 17.8. The molecule has 1 unspecified atom stereocenters. The van der Waals surface area contributed by atoms with Crippen LogP contribution in [-0.2, 0) is 20.9 Å². The highest BCUT2D eigenvalue weighted by Crippen LogP contribution is 2.32. The van der Waals surface area contributed by atoms with Crippen molar-refractivity contribution in [2.45, 2.75) is 47.0 Å². The van der Waals surface area contributed by atoms with E-state index >= 15 is 0 Å². The average Bonchev–Trinajstić information content (AvgIpc) is 3.79. The molecule has 5 rings (SSSR count). The summed E-state index contributed by atoms with van der Waals surface area (Å²) in [5, 5.41) is 0. The molecule has 1 saturated heterocycles. The van der Waals surface area contributed by atoms with Gasteiger partial charge < -0.3 is 33.2 Å². The van der Waals surface area contributed by atoms with Crippen molar-refractivity contribution in [3.63, 3.8) is 0 Å². The number of allylic oxidation sites excluding steroid dienone is 4. The van der Waals surface area contributed by atoms with Crippen LogP contribution in [0, 0.1) is 5.92 Å². The molecule has 2 heterocycles. The van der Waals surface area contributed by atoms with Crippen LogP contribution in [-0.4, -0.2) is 82.7 Å². The van der Waals surface area contributed by atoms with E-state index in [-0.39, 0.29) is 24.9 Å². The number of alkyl halides is 4. The molecule has 0 radical (unpaired) electrons. The minimum atomic E-state index is -4.72. The highest BCUT2D eigenvalue weighted by atomic mass is 19.4. The number of benzene rings is 3. The number of carbonyl (C=O) groups excluding carboxylic acids is 2. The Morgan fingerprint density at radius 1 is 0.982 bits per heavy atom. The zero-order chi connectivity index (χ0) is 41.0. The predicted molar refractivity (Wildman–Crippen MR) is 208 cm³/mol. The Balaban J connectivity index is 0.000000329. The molecular formula is C41H51F4N3O7. The van der Waals surface area contributed by atoms with E-state index in [1.54, 1.807) is 45.7 Å². The summed E-state index contributed by atoms with van der Waals surface area (Å²) in [7, 11) is 5.47. The van der Waals surface area contributed by atoms with E-state index in [2.05, 4.69) is 4.74 Å². The van der Waals surface area contributed by atoms with E-state index in [1.165, 1.54) is 24.3 Å². The summed E-state index contributed by atoms with van der Waals surface area (Å²) in [6.07, 6.45) is 2.93. The van der Waals surface area contributed by atoms with Gasteiger partial charge in [0.2, 0.25) is 0 Å². The van der Waals surface area contributed by atoms with E-state index in [0.717, 1.165) is 29.4 Å². The van der Waals surface area contributed by atoms with Crippen LogP contribution >= 0.6 is 0 Å². The van der Waals surface area contributed by atoms with Crippen LogP contribution in [0.4, 0.5) is 23.2 Å². The average molecular weight is 774 g/mol. The second kappa shape index (κ2) is 23.5. The number of anilines is 1. The Morgan fingerprint density at radius 2 is 1.67 bits per heavy atom. The molecule has 1 fully saturated rings. The largest absolute Gasteiger partial charge is 0.573 e. The molecule has 0 spiro atoms. The molecule has 10 nitrogen and oxygen atoms in total. The maximum Gasteiger partial charge on any atom is 0.573 e. The van der Waals surface area contributed by atoms with Crippen molar-refractivity contribution in [2.75, 3.05) is 59.0 Å². The number of ether oxygens (including phenoxy) is 3. The maximum absolute atomic E-state index is 12.3. The highest BCUT2D eigenvalue weighted by Gasteiger charge is 2.31. The van der Waals surface area contributed by atoms with Crippen LogP contribution in [0.1, 0.15) is 39.7 Å². The van der Waals surface area contributed by atoms with Crippen LogP contribution < -0.4 is 20.1 Å². The Morgan fingerprint density at radius 3 is 2.20 bits per heavy atom.